The van der Waals surface area contributed by atoms with Gasteiger partial charge in [0.15, 0.2) is 0 Å². The van der Waals surface area contributed by atoms with E-state index in [9.17, 15) is 8.42 Å². The van der Waals surface area contributed by atoms with Crippen LogP contribution in [0.2, 0.25) is 0 Å². The van der Waals surface area contributed by atoms with E-state index in [2.05, 4.69) is 28.8 Å². The molecule has 0 saturated carbocycles. The van der Waals surface area contributed by atoms with Gasteiger partial charge in [0.05, 0.1) is 0 Å². The van der Waals surface area contributed by atoms with Gasteiger partial charge in [-0.3, -0.25) is 9.82 Å². The van der Waals surface area contributed by atoms with Crippen LogP contribution in [0.1, 0.15) is 36.6 Å². The van der Waals surface area contributed by atoms with Gasteiger partial charge in [-0.15, -0.1) is 0 Å². The van der Waals surface area contributed by atoms with Crippen molar-refractivity contribution >= 4 is 15.7 Å². The van der Waals surface area contributed by atoms with Crippen molar-refractivity contribution < 1.29 is 8.42 Å². The van der Waals surface area contributed by atoms with Crippen molar-refractivity contribution in [3.05, 3.63) is 41.1 Å². The van der Waals surface area contributed by atoms with E-state index in [4.69, 9.17) is 5.73 Å². The molecule has 0 spiro atoms. The zero-order valence-corrected chi connectivity index (χ0v) is 13.2. The third-order valence-corrected chi connectivity index (χ3v) is 4.68. The number of aryl methyl sites for hydroxylation is 1. The number of nitrogens with one attached hydrogen (secondary N) is 2. The summed E-state index contributed by atoms with van der Waals surface area (Å²) in [6.45, 7) is 6.02. The Hall–Kier alpha value is -1.86. The molecule has 0 fully saturated rings. The number of hydrogen-bond donors (Lipinski definition) is 3. The van der Waals surface area contributed by atoms with Crippen LogP contribution in [0, 0.1) is 6.92 Å². The number of nitrogens with two attached hydrogens (primary N) is 1. The van der Waals surface area contributed by atoms with Gasteiger partial charge in [0.2, 0.25) is 5.03 Å². The van der Waals surface area contributed by atoms with Gasteiger partial charge >= 0.3 is 0 Å². The second-order valence-corrected chi connectivity index (χ2v) is 6.82. The molecule has 2 aromatic rings. The van der Waals surface area contributed by atoms with Gasteiger partial charge in [-0.05, 0) is 30.5 Å². The lowest BCUT2D eigenvalue weighted by Crippen LogP contribution is -2.16. The molecule has 0 unspecified atom stereocenters. The molecule has 2 rings (SSSR count). The average Bonchev–Trinajstić information content (AvgIpc) is 2.80. The highest BCUT2D eigenvalue weighted by Crippen LogP contribution is 2.21. The lowest BCUT2D eigenvalue weighted by Gasteiger charge is -2.09. The summed E-state index contributed by atoms with van der Waals surface area (Å²) in [5.74, 6) is 0.397. The number of H-pyrrole nitrogens is 1. The zero-order valence-electron chi connectivity index (χ0n) is 12.3. The normalized spacial score (nSPS) is 11.9. The van der Waals surface area contributed by atoms with Crippen LogP contribution in [0.4, 0.5) is 5.69 Å². The second kappa shape index (κ2) is 5.87. The molecule has 0 radical (unpaired) electrons. The first kappa shape index (κ1) is 15.5. The van der Waals surface area contributed by atoms with E-state index in [1.807, 2.05) is 12.1 Å². The average molecular weight is 308 g/mol. The van der Waals surface area contributed by atoms with Crippen LogP contribution in [-0.2, 0) is 16.6 Å². The molecule has 0 atom stereocenters. The van der Waals surface area contributed by atoms with E-state index in [1.165, 1.54) is 0 Å². The molecular weight excluding hydrogens is 288 g/mol. The highest BCUT2D eigenvalue weighted by Gasteiger charge is 2.23. The zero-order chi connectivity index (χ0) is 15.6. The van der Waals surface area contributed by atoms with E-state index in [1.54, 1.807) is 19.1 Å². The Balaban J connectivity index is 2.28. The van der Waals surface area contributed by atoms with Gasteiger partial charge in [-0.25, -0.2) is 0 Å². The predicted octanol–water partition coefficient (Wildman–Crippen LogP) is 2.10. The molecule has 21 heavy (non-hydrogen) atoms. The first-order chi connectivity index (χ1) is 9.85. The number of benzene rings is 1. The van der Waals surface area contributed by atoms with Gasteiger partial charge in [0, 0.05) is 23.5 Å². The molecule has 1 heterocycles. The molecular formula is C14H20N4O2S. The van der Waals surface area contributed by atoms with Crippen LogP contribution in [0.3, 0.4) is 0 Å². The Morgan fingerprint density at radius 1 is 1.29 bits per heavy atom. The molecule has 0 aliphatic heterocycles. The molecule has 4 N–H and O–H groups in total. The van der Waals surface area contributed by atoms with Crippen LogP contribution in [0.5, 0.6) is 0 Å². The van der Waals surface area contributed by atoms with E-state index < -0.39 is 10.0 Å². The summed E-state index contributed by atoms with van der Waals surface area (Å²) in [4.78, 5) is 0. The summed E-state index contributed by atoms with van der Waals surface area (Å²) < 4.78 is 27.3. The Kier molecular flexibility index (Phi) is 4.34. The van der Waals surface area contributed by atoms with E-state index in [-0.39, 0.29) is 11.6 Å². The topological polar surface area (TPSA) is 101 Å². The maximum atomic E-state index is 12.4. The molecule has 6 nitrogen and oxygen atoms in total. The molecule has 0 aliphatic carbocycles. The fourth-order valence-electron chi connectivity index (χ4n) is 2.03. The van der Waals surface area contributed by atoms with Gasteiger partial charge < -0.3 is 5.73 Å². The standard InChI is InChI=1S/C14H20N4O2S/c1-9(2)11-4-6-12(7-5-11)18-21(19,20)14-13(8-15)10(3)16-17-14/h4-7,9,18H,8,15H2,1-3H3,(H,16,17). The quantitative estimate of drug-likeness (QED) is 0.787. The second-order valence-electron chi connectivity index (χ2n) is 5.22. The van der Waals surface area contributed by atoms with Gasteiger partial charge in [0.1, 0.15) is 0 Å². The lowest BCUT2D eigenvalue weighted by atomic mass is 10.0. The molecule has 1 aromatic heterocycles. The van der Waals surface area contributed by atoms with Crippen LogP contribution >= 0.6 is 0 Å². The van der Waals surface area contributed by atoms with Crippen molar-refractivity contribution in [2.75, 3.05) is 4.72 Å². The molecule has 0 amide bonds. The van der Waals surface area contributed by atoms with Crippen LogP contribution in [0.25, 0.3) is 0 Å². The number of aromatic nitrogens is 2. The van der Waals surface area contributed by atoms with Crippen molar-refractivity contribution in [2.24, 2.45) is 5.73 Å². The minimum Gasteiger partial charge on any atom is -0.326 e. The Morgan fingerprint density at radius 3 is 2.43 bits per heavy atom. The van der Waals surface area contributed by atoms with Crippen LogP contribution in [0.15, 0.2) is 29.3 Å². The van der Waals surface area contributed by atoms with E-state index >= 15 is 0 Å². The number of aromatic amines is 1. The van der Waals surface area contributed by atoms with Crippen molar-refractivity contribution in [1.82, 2.24) is 10.2 Å². The number of nitrogens with zero attached hydrogens (tertiary/aromatic N) is 1. The van der Waals surface area contributed by atoms with Crippen LogP contribution < -0.4 is 10.5 Å². The summed E-state index contributed by atoms with van der Waals surface area (Å²) >= 11 is 0. The largest absolute Gasteiger partial charge is 0.326 e. The van der Waals surface area contributed by atoms with Crippen molar-refractivity contribution in [3.8, 4) is 0 Å². The van der Waals surface area contributed by atoms with Gasteiger partial charge in [-0.2, -0.15) is 13.5 Å². The third kappa shape index (κ3) is 3.25. The first-order valence-corrected chi connectivity index (χ1v) is 8.20. The fraction of sp³-hybridized carbons (Fsp3) is 0.357. The number of rotatable bonds is 5. The lowest BCUT2D eigenvalue weighted by molar-refractivity contribution is 0.596. The Bertz CT molecular complexity index is 718. The molecule has 0 bridgehead atoms. The minimum absolute atomic E-state index is 0.0459. The SMILES string of the molecule is Cc1[nH]nc(S(=O)(=O)Nc2ccc(C(C)C)cc2)c1CN. The summed E-state index contributed by atoms with van der Waals surface area (Å²) in [5, 5.41) is 6.45. The summed E-state index contributed by atoms with van der Waals surface area (Å²) in [5.41, 5.74) is 8.40. The first-order valence-electron chi connectivity index (χ1n) is 6.72. The summed E-state index contributed by atoms with van der Waals surface area (Å²) in [6, 6.07) is 7.30. The molecule has 1 aromatic carbocycles. The van der Waals surface area contributed by atoms with Crippen molar-refractivity contribution in [3.63, 3.8) is 0 Å². The van der Waals surface area contributed by atoms with Crippen LogP contribution in [-0.4, -0.2) is 18.6 Å². The predicted molar refractivity (Wildman–Crippen MR) is 82.6 cm³/mol. The van der Waals surface area contributed by atoms with Gasteiger partial charge in [-0.1, -0.05) is 26.0 Å². The van der Waals surface area contributed by atoms with E-state index in [0.29, 0.717) is 22.9 Å². The van der Waals surface area contributed by atoms with Gasteiger partial charge in [0.25, 0.3) is 10.0 Å². The Morgan fingerprint density at radius 2 is 1.90 bits per heavy atom. The minimum atomic E-state index is -3.74. The summed E-state index contributed by atoms with van der Waals surface area (Å²) in [7, 11) is -3.74. The maximum absolute atomic E-state index is 12.4. The number of sulfonamides is 1. The number of anilines is 1. The molecule has 114 valence electrons. The third-order valence-electron chi connectivity index (χ3n) is 3.32. The van der Waals surface area contributed by atoms with Crippen molar-refractivity contribution in [1.29, 1.82) is 0 Å². The molecule has 7 heteroatoms. The summed E-state index contributed by atoms with van der Waals surface area (Å²) in [6.07, 6.45) is 0. The highest BCUT2D eigenvalue weighted by molar-refractivity contribution is 7.92. The van der Waals surface area contributed by atoms with E-state index in [0.717, 1.165) is 5.56 Å². The molecule has 0 saturated heterocycles. The monoisotopic (exact) mass is 308 g/mol. The fourth-order valence-corrected chi connectivity index (χ4v) is 3.30. The number of hydrogen-bond acceptors (Lipinski definition) is 4. The Labute approximate surface area is 124 Å². The highest BCUT2D eigenvalue weighted by atomic mass is 32.2. The molecule has 0 aliphatic rings. The van der Waals surface area contributed by atoms with Crippen molar-refractivity contribution in [2.45, 2.75) is 38.3 Å². The smallest absolute Gasteiger partial charge is 0.281 e. The maximum Gasteiger partial charge on any atom is 0.281 e.